The highest BCUT2D eigenvalue weighted by Gasteiger charge is 2.12. The van der Waals surface area contributed by atoms with Crippen LogP contribution in [0, 0.1) is 0 Å². The van der Waals surface area contributed by atoms with Crippen molar-refractivity contribution in [3.05, 3.63) is 29.8 Å². The molecule has 0 aromatic heterocycles. The van der Waals surface area contributed by atoms with Crippen LogP contribution in [0.25, 0.3) is 0 Å². The maximum absolute atomic E-state index is 6.06. The minimum Gasteiger partial charge on any atom is -0.398 e. The predicted molar refractivity (Wildman–Crippen MR) is 72.6 cm³/mol. The normalized spacial score (nSPS) is 10.9. The zero-order valence-corrected chi connectivity index (χ0v) is 10.7. The summed E-state index contributed by atoms with van der Waals surface area (Å²) in [6.07, 6.45) is 7.73. The lowest BCUT2D eigenvalue weighted by Crippen LogP contribution is -2.03. The van der Waals surface area contributed by atoms with Crippen LogP contribution in [0.5, 0.6) is 0 Å². The number of unbranched alkanes of at least 4 members (excludes halogenated alkanes) is 2. The van der Waals surface area contributed by atoms with Gasteiger partial charge in [-0.05, 0) is 30.4 Å². The number of anilines is 1. The number of hydrogen-bond acceptors (Lipinski definition) is 1. The summed E-state index contributed by atoms with van der Waals surface area (Å²) in [5.41, 5.74) is 8.40. The fourth-order valence-electron chi connectivity index (χ4n) is 2.24. The maximum Gasteiger partial charge on any atom is 0.0349 e. The smallest absolute Gasteiger partial charge is 0.0349 e. The van der Waals surface area contributed by atoms with Gasteiger partial charge in [-0.15, -0.1) is 0 Å². The predicted octanol–water partition coefficient (Wildman–Crippen LogP) is 4.73. The van der Waals surface area contributed by atoms with Crippen molar-refractivity contribution in [2.45, 2.75) is 58.3 Å². The third kappa shape index (κ3) is 3.88. The molecule has 0 radical (unpaired) electrons. The number of hydrogen-bond donors (Lipinski definition) is 1. The average molecular weight is 219 g/mol. The lowest BCUT2D eigenvalue weighted by Gasteiger charge is -2.18. The summed E-state index contributed by atoms with van der Waals surface area (Å²) in [4.78, 5) is 0. The van der Waals surface area contributed by atoms with Gasteiger partial charge in [0.2, 0.25) is 0 Å². The molecule has 90 valence electrons. The fraction of sp³-hybridized carbons (Fsp3) is 0.600. The van der Waals surface area contributed by atoms with E-state index < -0.39 is 0 Å². The van der Waals surface area contributed by atoms with Crippen LogP contribution in [0.1, 0.15) is 63.9 Å². The molecule has 1 nitrogen and oxygen atoms in total. The zero-order chi connectivity index (χ0) is 11.8. The van der Waals surface area contributed by atoms with E-state index in [1.165, 1.54) is 44.1 Å². The van der Waals surface area contributed by atoms with E-state index in [4.69, 9.17) is 5.73 Å². The maximum atomic E-state index is 6.06. The van der Waals surface area contributed by atoms with Crippen molar-refractivity contribution >= 4 is 5.69 Å². The molecule has 0 unspecified atom stereocenters. The molecule has 2 N–H and O–H groups in total. The molecule has 1 heteroatoms. The van der Waals surface area contributed by atoms with Crippen molar-refractivity contribution in [2.24, 2.45) is 0 Å². The Kier molecular flexibility index (Phi) is 5.99. The van der Waals surface area contributed by atoms with Gasteiger partial charge in [-0.25, -0.2) is 0 Å². The molecular formula is C15H25N. The van der Waals surface area contributed by atoms with E-state index in [0.29, 0.717) is 5.92 Å². The molecule has 1 aromatic rings. The number of nitrogens with two attached hydrogens (primary N) is 1. The van der Waals surface area contributed by atoms with Crippen molar-refractivity contribution in [1.29, 1.82) is 0 Å². The molecule has 0 bridgehead atoms. The van der Waals surface area contributed by atoms with Crippen LogP contribution < -0.4 is 5.73 Å². The number of para-hydroxylation sites is 1. The number of nitrogen functional groups attached to an aromatic ring is 1. The quantitative estimate of drug-likeness (QED) is 0.659. The van der Waals surface area contributed by atoms with Crippen LogP contribution in [0.2, 0.25) is 0 Å². The van der Waals surface area contributed by atoms with Gasteiger partial charge in [-0.2, -0.15) is 0 Å². The molecule has 0 fully saturated rings. The summed E-state index contributed by atoms with van der Waals surface area (Å²) < 4.78 is 0. The summed E-state index contributed by atoms with van der Waals surface area (Å²) in [5.74, 6) is 0.668. The summed E-state index contributed by atoms with van der Waals surface area (Å²) >= 11 is 0. The van der Waals surface area contributed by atoms with Crippen molar-refractivity contribution < 1.29 is 0 Å². The summed E-state index contributed by atoms with van der Waals surface area (Å²) in [6, 6.07) is 8.36. The summed E-state index contributed by atoms with van der Waals surface area (Å²) in [5, 5.41) is 0. The van der Waals surface area contributed by atoms with Crippen LogP contribution >= 0.6 is 0 Å². The monoisotopic (exact) mass is 219 g/mol. The largest absolute Gasteiger partial charge is 0.398 e. The second-order valence-corrected chi connectivity index (χ2v) is 4.61. The van der Waals surface area contributed by atoms with Crippen molar-refractivity contribution in [1.82, 2.24) is 0 Å². The zero-order valence-electron chi connectivity index (χ0n) is 10.7. The third-order valence-electron chi connectivity index (χ3n) is 3.25. The molecule has 0 atom stereocenters. The lowest BCUT2D eigenvalue weighted by atomic mass is 9.88. The fourth-order valence-corrected chi connectivity index (χ4v) is 2.24. The standard InChI is InChI=1S/C15H25N/c1-3-5-9-13(10-6-4-2)14-11-7-8-12-15(14)16/h7-8,11-13H,3-6,9-10,16H2,1-2H3. The molecule has 0 saturated carbocycles. The SMILES string of the molecule is CCCCC(CCCC)c1ccccc1N. The van der Waals surface area contributed by atoms with Gasteiger partial charge < -0.3 is 5.73 Å². The molecule has 0 aliphatic rings. The van der Waals surface area contributed by atoms with Crippen LogP contribution in [-0.2, 0) is 0 Å². The molecule has 1 rings (SSSR count). The molecule has 1 aromatic carbocycles. The molecule has 0 amide bonds. The van der Waals surface area contributed by atoms with Gasteiger partial charge in [0.1, 0.15) is 0 Å². The van der Waals surface area contributed by atoms with E-state index in [-0.39, 0.29) is 0 Å². The van der Waals surface area contributed by atoms with Crippen LogP contribution in [0.3, 0.4) is 0 Å². The Hall–Kier alpha value is -0.980. The molecule has 0 spiro atoms. The molecule has 16 heavy (non-hydrogen) atoms. The lowest BCUT2D eigenvalue weighted by molar-refractivity contribution is 0.526. The van der Waals surface area contributed by atoms with Gasteiger partial charge in [0.05, 0.1) is 0 Å². The average Bonchev–Trinajstić information content (AvgIpc) is 2.31. The number of rotatable bonds is 7. The first-order valence-corrected chi connectivity index (χ1v) is 6.64. The first-order chi connectivity index (χ1) is 7.79. The molecule has 0 saturated heterocycles. The Morgan fingerprint density at radius 2 is 1.56 bits per heavy atom. The van der Waals surface area contributed by atoms with Gasteiger partial charge in [-0.3, -0.25) is 0 Å². The van der Waals surface area contributed by atoms with Gasteiger partial charge in [0.15, 0.2) is 0 Å². The molecular weight excluding hydrogens is 194 g/mol. The van der Waals surface area contributed by atoms with Gasteiger partial charge in [0.25, 0.3) is 0 Å². The third-order valence-corrected chi connectivity index (χ3v) is 3.25. The van der Waals surface area contributed by atoms with Crippen molar-refractivity contribution in [3.8, 4) is 0 Å². The highest BCUT2D eigenvalue weighted by Crippen LogP contribution is 2.31. The van der Waals surface area contributed by atoms with E-state index in [1.807, 2.05) is 12.1 Å². The van der Waals surface area contributed by atoms with Gasteiger partial charge in [0, 0.05) is 5.69 Å². The highest BCUT2D eigenvalue weighted by atomic mass is 14.6. The summed E-state index contributed by atoms with van der Waals surface area (Å²) in [7, 11) is 0. The first-order valence-electron chi connectivity index (χ1n) is 6.64. The van der Waals surface area contributed by atoms with Gasteiger partial charge in [-0.1, -0.05) is 57.7 Å². The Labute approximate surface area is 100 Å². The van der Waals surface area contributed by atoms with E-state index in [2.05, 4.69) is 26.0 Å². The van der Waals surface area contributed by atoms with Crippen LogP contribution in [0.4, 0.5) is 5.69 Å². The van der Waals surface area contributed by atoms with Crippen molar-refractivity contribution in [2.75, 3.05) is 5.73 Å². The van der Waals surface area contributed by atoms with Crippen LogP contribution in [0.15, 0.2) is 24.3 Å². The highest BCUT2D eigenvalue weighted by molar-refractivity contribution is 5.48. The Balaban J connectivity index is 2.70. The minimum absolute atomic E-state index is 0.668. The number of benzene rings is 1. The Bertz CT molecular complexity index is 285. The van der Waals surface area contributed by atoms with E-state index in [0.717, 1.165) is 5.69 Å². The van der Waals surface area contributed by atoms with Gasteiger partial charge >= 0.3 is 0 Å². The molecule has 0 aliphatic heterocycles. The topological polar surface area (TPSA) is 26.0 Å². The van der Waals surface area contributed by atoms with E-state index in [9.17, 15) is 0 Å². The van der Waals surface area contributed by atoms with E-state index >= 15 is 0 Å². The van der Waals surface area contributed by atoms with Crippen LogP contribution in [-0.4, -0.2) is 0 Å². The minimum atomic E-state index is 0.668. The van der Waals surface area contributed by atoms with E-state index in [1.54, 1.807) is 0 Å². The second kappa shape index (κ2) is 7.32. The molecule has 0 aliphatic carbocycles. The Morgan fingerprint density at radius 1 is 1.00 bits per heavy atom. The first kappa shape index (κ1) is 13.1. The van der Waals surface area contributed by atoms with Crippen molar-refractivity contribution in [3.63, 3.8) is 0 Å². The molecule has 0 heterocycles. The second-order valence-electron chi connectivity index (χ2n) is 4.61. The summed E-state index contributed by atoms with van der Waals surface area (Å²) in [6.45, 7) is 4.51. The Morgan fingerprint density at radius 3 is 2.06 bits per heavy atom.